The van der Waals surface area contributed by atoms with E-state index in [1.54, 1.807) is 6.07 Å². The third kappa shape index (κ3) is 1.38. The molecule has 1 aliphatic heterocycles. The number of anilines is 1. The van der Waals surface area contributed by atoms with Crippen molar-refractivity contribution in [3.05, 3.63) is 39.7 Å². The molecule has 72 valence electrons. The van der Waals surface area contributed by atoms with Crippen LogP contribution in [0.15, 0.2) is 29.6 Å². The summed E-state index contributed by atoms with van der Waals surface area (Å²) in [7, 11) is 0. The van der Waals surface area contributed by atoms with E-state index < -0.39 is 4.92 Å². The van der Waals surface area contributed by atoms with Gasteiger partial charge in [0.1, 0.15) is 0 Å². The lowest BCUT2D eigenvalue weighted by Gasteiger charge is -1.95. The molecule has 1 aromatic carbocycles. The number of hydrogen-bond donors (Lipinski definition) is 1. The van der Waals surface area contributed by atoms with Crippen LogP contribution in [0.4, 0.5) is 11.4 Å². The lowest BCUT2D eigenvalue weighted by Crippen LogP contribution is -1.93. The van der Waals surface area contributed by atoms with Gasteiger partial charge in [-0.15, -0.1) is 0 Å². The van der Waals surface area contributed by atoms with E-state index in [0.29, 0.717) is 17.3 Å². The van der Waals surface area contributed by atoms with Crippen molar-refractivity contribution in [3.8, 4) is 5.75 Å². The van der Waals surface area contributed by atoms with E-state index in [1.165, 1.54) is 17.7 Å². The van der Waals surface area contributed by atoms with Crippen LogP contribution in [0.25, 0.3) is 0 Å². The Hall–Kier alpha value is -1.75. The molecule has 0 amide bonds. The van der Waals surface area contributed by atoms with Gasteiger partial charge >= 0.3 is 0 Å². The number of halogens is 1. The summed E-state index contributed by atoms with van der Waals surface area (Å²) >= 11 is 5.42. The molecule has 1 N–H and O–H groups in total. The molecule has 14 heavy (non-hydrogen) atoms. The average Bonchev–Trinajstić information content (AvgIpc) is 2.58. The van der Waals surface area contributed by atoms with E-state index in [1.807, 2.05) is 0 Å². The molecule has 0 radical (unpaired) electrons. The molecule has 0 fully saturated rings. The normalized spacial score (nSPS) is 15.9. The Kier molecular flexibility index (Phi) is 2.01. The molecule has 2 rings (SSSR count). The summed E-state index contributed by atoms with van der Waals surface area (Å²) < 4.78 is 5.16. The van der Waals surface area contributed by atoms with E-state index in [4.69, 9.17) is 16.3 Å². The van der Waals surface area contributed by atoms with Gasteiger partial charge < -0.3 is 10.1 Å². The summed E-state index contributed by atoms with van der Waals surface area (Å²) in [6, 6.07) is 4.31. The Labute approximate surface area is 84.1 Å². The van der Waals surface area contributed by atoms with Crippen LogP contribution >= 0.6 is 11.6 Å². The second-order valence-electron chi connectivity index (χ2n) is 2.64. The number of rotatable bonds is 1. The predicted molar refractivity (Wildman–Crippen MR) is 51.3 cm³/mol. The van der Waals surface area contributed by atoms with E-state index in [9.17, 15) is 10.1 Å². The third-order valence-corrected chi connectivity index (χ3v) is 1.95. The van der Waals surface area contributed by atoms with Crippen LogP contribution in [-0.4, -0.2) is 4.92 Å². The van der Waals surface area contributed by atoms with Gasteiger partial charge in [-0.2, -0.15) is 0 Å². The van der Waals surface area contributed by atoms with Crippen molar-refractivity contribution in [3.63, 3.8) is 0 Å². The van der Waals surface area contributed by atoms with Gasteiger partial charge in [-0.25, -0.2) is 0 Å². The highest BCUT2D eigenvalue weighted by Gasteiger charge is 2.19. The number of nitrogens with zero attached hydrogens (tertiary/aromatic N) is 1. The van der Waals surface area contributed by atoms with Gasteiger partial charge in [-0.1, -0.05) is 11.6 Å². The summed E-state index contributed by atoms with van der Waals surface area (Å²) in [5.74, 6) is 0.772. The predicted octanol–water partition coefficient (Wildman–Crippen LogP) is 2.44. The third-order valence-electron chi connectivity index (χ3n) is 1.75. The fourth-order valence-corrected chi connectivity index (χ4v) is 1.24. The maximum absolute atomic E-state index is 10.4. The second-order valence-corrected chi connectivity index (χ2v) is 2.86. The number of fused-ring (bicyclic) bond motifs is 1. The molecule has 5 nitrogen and oxygen atoms in total. The highest BCUT2D eigenvalue weighted by atomic mass is 35.5. The van der Waals surface area contributed by atoms with Crippen LogP contribution < -0.4 is 10.1 Å². The Balaban J connectivity index is 2.40. The topological polar surface area (TPSA) is 64.4 Å². The van der Waals surface area contributed by atoms with Crippen LogP contribution in [0.2, 0.25) is 0 Å². The first kappa shape index (κ1) is 8.83. The molecule has 0 aromatic heterocycles. The van der Waals surface area contributed by atoms with Crippen LogP contribution in [0.1, 0.15) is 0 Å². The van der Waals surface area contributed by atoms with Gasteiger partial charge in [-0.3, -0.25) is 10.1 Å². The number of hydrogen-bond acceptors (Lipinski definition) is 4. The van der Waals surface area contributed by atoms with Crippen molar-refractivity contribution < 1.29 is 9.66 Å². The molecule has 1 heterocycles. The molecule has 0 aliphatic carbocycles. The molecule has 0 bridgehead atoms. The quantitative estimate of drug-likeness (QED) is 0.574. The number of ether oxygens (including phenoxy) is 1. The molecular formula is C8H5ClN2O3. The van der Waals surface area contributed by atoms with E-state index >= 15 is 0 Å². The molecule has 0 atom stereocenters. The number of non-ortho nitro benzene ring substituents is 1. The lowest BCUT2D eigenvalue weighted by molar-refractivity contribution is -0.384. The van der Waals surface area contributed by atoms with Crippen molar-refractivity contribution in [1.82, 2.24) is 0 Å². The number of nitro benzene ring substituents is 1. The van der Waals surface area contributed by atoms with Crippen LogP contribution in [-0.2, 0) is 0 Å². The minimum Gasteiger partial charge on any atom is -0.438 e. The molecule has 0 saturated heterocycles. The number of benzene rings is 1. The standard InChI is InChI=1S/C8H5ClN2O3/c9-4-8-10-6-2-1-5(11(12)13)3-7(6)14-8/h1-4,10H/b8-4-. The maximum atomic E-state index is 10.4. The van der Waals surface area contributed by atoms with Crippen molar-refractivity contribution in [2.75, 3.05) is 5.32 Å². The molecule has 0 saturated carbocycles. The van der Waals surface area contributed by atoms with Gasteiger partial charge in [0, 0.05) is 6.07 Å². The van der Waals surface area contributed by atoms with Gasteiger partial charge in [0.2, 0.25) is 5.88 Å². The minimum absolute atomic E-state index is 0.0126. The molecule has 6 heteroatoms. The Morgan fingerprint density at radius 1 is 1.57 bits per heavy atom. The fraction of sp³-hybridized carbons (Fsp3) is 0. The maximum Gasteiger partial charge on any atom is 0.273 e. The number of nitro groups is 1. The Morgan fingerprint density at radius 2 is 2.36 bits per heavy atom. The summed E-state index contributed by atoms with van der Waals surface area (Å²) in [6.07, 6.45) is 0. The molecule has 1 aliphatic rings. The number of nitrogens with one attached hydrogen (secondary N) is 1. The van der Waals surface area contributed by atoms with Crippen molar-refractivity contribution in [2.24, 2.45) is 0 Å². The molecule has 0 spiro atoms. The zero-order chi connectivity index (χ0) is 10.1. The van der Waals surface area contributed by atoms with Crippen LogP contribution in [0.3, 0.4) is 0 Å². The summed E-state index contributed by atoms with van der Waals surface area (Å²) in [5.41, 5.74) is 1.88. The Morgan fingerprint density at radius 3 is 3.00 bits per heavy atom. The minimum atomic E-state index is -0.480. The van der Waals surface area contributed by atoms with Crippen molar-refractivity contribution in [2.45, 2.75) is 0 Å². The van der Waals surface area contributed by atoms with Gasteiger partial charge in [0.05, 0.1) is 22.2 Å². The molecular weight excluding hydrogens is 208 g/mol. The van der Waals surface area contributed by atoms with Gasteiger partial charge in [0.25, 0.3) is 5.69 Å². The first-order valence-electron chi connectivity index (χ1n) is 3.74. The smallest absolute Gasteiger partial charge is 0.273 e. The molecule has 1 aromatic rings. The van der Waals surface area contributed by atoms with E-state index in [0.717, 1.165) is 0 Å². The van der Waals surface area contributed by atoms with E-state index in [-0.39, 0.29) is 5.69 Å². The zero-order valence-corrected chi connectivity index (χ0v) is 7.62. The van der Waals surface area contributed by atoms with Crippen molar-refractivity contribution in [1.29, 1.82) is 0 Å². The summed E-state index contributed by atoms with van der Waals surface area (Å²) in [6.45, 7) is 0. The van der Waals surface area contributed by atoms with Gasteiger partial charge in [0.15, 0.2) is 5.75 Å². The van der Waals surface area contributed by atoms with Crippen LogP contribution in [0, 0.1) is 10.1 Å². The zero-order valence-electron chi connectivity index (χ0n) is 6.86. The first-order valence-corrected chi connectivity index (χ1v) is 4.18. The van der Waals surface area contributed by atoms with E-state index in [2.05, 4.69) is 5.32 Å². The lowest BCUT2D eigenvalue weighted by atomic mass is 10.2. The summed E-state index contributed by atoms with van der Waals surface area (Å²) in [4.78, 5) is 9.96. The largest absolute Gasteiger partial charge is 0.438 e. The van der Waals surface area contributed by atoms with Crippen molar-refractivity contribution >= 4 is 23.0 Å². The summed E-state index contributed by atoms with van der Waals surface area (Å²) in [5, 5.41) is 13.3. The second kappa shape index (κ2) is 3.19. The first-order chi connectivity index (χ1) is 6.70. The Bertz CT molecular complexity index is 431. The van der Waals surface area contributed by atoms with Gasteiger partial charge in [-0.05, 0) is 6.07 Å². The fourth-order valence-electron chi connectivity index (χ4n) is 1.14. The monoisotopic (exact) mass is 212 g/mol. The average molecular weight is 213 g/mol. The SMILES string of the molecule is O=[N+]([O-])c1ccc2c(c1)O/C(=C\Cl)N2. The highest BCUT2D eigenvalue weighted by molar-refractivity contribution is 6.25. The highest BCUT2D eigenvalue weighted by Crippen LogP contribution is 2.36. The molecule has 0 unspecified atom stereocenters. The van der Waals surface area contributed by atoms with Crippen LogP contribution in [0.5, 0.6) is 5.75 Å².